The Bertz CT molecular complexity index is 692. The Hall–Kier alpha value is -2.15. The molecule has 1 amide bonds. The summed E-state index contributed by atoms with van der Waals surface area (Å²) in [5, 5.41) is 11.4. The first kappa shape index (κ1) is 16.9. The molecule has 1 aromatic carbocycles. The summed E-state index contributed by atoms with van der Waals surface area (Å²) in [4.78, 5) is 22.5. The lowest BCUT2D eigenvalue weighted by atomic mass is 10.1. The van der Waals surface area contributed by atoms with Crippen LogP contribution in [0.15, 0.2) is 29.7 Å². The van der Waals surface area contributed by atoms with Crippen LogP contribution in [0, 0.1) is 13.8 Å². The maximum Gasteiger partial charge on any atom is 0.335 e. The summed E-state index contributed by atoms with van der Waals surface area (Å²) in [5.74, 6) is -2.60. The zero-order valence-electron chi connectivity index (χ0n) is 11.8. The van der Waals surface area contributed by atoms with E-state index in [-0.39, 0.29) is 17.0 Å². The topological polar surface area (TPSA) is 101 Å². The summed E-state index contributed by atoms with van der Waals surface area (Å²) in [6.45, 7) is 6.73. The highest BCUT2D eigenvalue weighted by molar-refractivity contribution is 7.92. The van der Waals surface area contributed by atoms with Crippen molar-refractivity contribution in [2.75, 3.05) is 12.3 Å². The predicted octanol–water partition coefficient (Wildman–Crippen LogP) is 1.08. The Morgan fingerprint density at radius 1 is 1.29 bits per heavy atom. The third kappa shape index (κ3) is 4.16. The summed E-state index contributed by atoms with van der Waals surface area (Å²) in [5.41, 5.74) is 0.787. The van der Waals surface area contributed by atoms with E-state index in [2.05, 4.69) is 11.9 Å². The van der Waals surface area contributed by atoms with Crippen LogP contribution in [0.2, 0.25) is 0 Å². The van der Waals surface area contributed by atoms with E-state index in [9.17, 15) is 18.0 Å². The molecule has 21 heavy (non-hydrogen) atoms. The van der Waals surface area contributed by atoms with Crippen molar-refractivity contribution in [1.82, 2.24) is 5.32 Å². The number of carbonyl (C=O) groups is 2. The summed E-state index contributed by atoms with van der Waals surface area (Å²) in [6, 6.07) is 2.58. The van der Waals surface area contributed by atoms with Gasteiger partial charge >= 0.3 is 5.97 Å². The van der Waals surface area contributed by atoms with E-state index in [0.717, 1.165) is 6.07 Å². The molecular formula is C14H17NO5S. The SMILES string of the molecule is C=CCNC(=O)CS(=O)(=O)c1cc(C(=O)O)c(C)cc1C. The molecule has 0 aliphatic heterocycles. The van der Waals surface area contributed by atoms with Gasteiger partial charge in [0.05, 0.1) is 10.5 Å². The number of aromatic carboxylic acids is 1. The van der Waals surface area contributed by atoms with Gasteiger partial charge in [0.25, 0.3) is 0 Å². The minimum absolute atomic E-state index is 0.0920. The molecule has 0 atom stereocenters. The molecule has 0 heterocycles. The number of carboxylic acids is 1. The lowest BCUT2D eigenvalue weighted by Gasteiger charge is -2.11. The molecule has 0 bridgehead atoms. The molecule has 6 nitrogen and oxygen atoms in total. The van der Waals surface area contributed by atoms with E-state index in [1.54, 1.807) is 13.8 Å². The van der Waals surface area contributed by atoms with Crippen molar-refractivity contribution in [2.24, 2.45) is 0 Å². The van der Waals surface area contributed by atoms with Crippen molar-refractivity contribution in [3.05, 3.63) is 41.5 Å². The van der Waals surface area contributed by atoms with E-state index in [1.165, 1.54) is 12.1 Å². The molecule has 1 aromatic rings. The third-order valence-electron chi connectivity index (χ3n) is 2.85. The monoisotopic (exact) mass is 311 g/mol. The molecule has 0 aliphatic rings. The molecule has 1 rings (SSSR count). The Morgan fingerprint density at radius 2 is 1.90 bits per heavy atom. The van der Waals surface area contributed by atoms with Crippen LogP contribution >= 0.6 is 0 Å². The van der Waals surface area contributed by atoms with Crippen LogP contribution in [0.4, 0.5) is 0 Å². The van der Waals surface area contributed by atoms with Gasteiger partial charge in [-0.2, -0.15) is 0 Å². The van der Waals surface area contributed by atoms with Crippen LogP contribution in [-0.2, 0) is 14.6 Å². The Labute approximate surface area is 123 Å². The van der Waals surface area contributed by atoms with Gasteiger partial charge in [0.1, 0.15) is 5.75 Å². The first-order valence-electron chi connectivity index (χ1n) is 6.14. The van der Waals surface area contributed by atoms with E-state index >= 15 is 0 Å². The second-order valence-electron chi connectivity index (χ2n) is 4.59. The highest BCUT2D eigenvalue weighted by atomic mass is 32.2. The van der Waals surface area contributed by atoms with Crippen LogP contribution in [0.3, 0.4) is 0 Å². The Morgan fingerprint density at radius 3 is 2.43 bits per heavy atom. The third-order valence-corrected chi connectivity index (χ3v) is 4.60. The smallest absolute Gasteiger partial charge is 0.335 e. The van der Waals surface area contributed by atoms with Crippen LogP contribution in [0.25, 0.3) is 0 Å². The number of carbonyl (C=O) groups excluding carboxylic acids is 1. The molecule has 0 saturated heterocycles. The average molecular weight is 311 g/mol. The molecule has 2 N–H and O–H groups in total. The molecule has 114 valence electrons. The van der Waals surface area contributed by atoms with Gasteiger partial charge < -0.3 is 10.4 Å². The lowest BCUT2D eigenvalue weighted by molar-refractivity contribution is -0.118. The molecule has 0 spiro atoms. The number of rotatable bonds is 6. The Kier molecular flexibility index (Phi) is 5.26. The standard InChI is InChI=1S/C14H17NO5S/c1-4-5-15-13(16)8-21(19,20)12-7-11(14(17)18)9(2)6-10(12)3/h4,6-7H,1,5,8H2,2-3H3,(H,15,16)(H,17,18). The Balaban J connectivity index is 3.19. The van der Waals surface area contributed by atoms with Crippen LogP contribution in [0.1, 0.15) is 21.5 Å². The summed E-state index contributed by atoms with van der Waals surface area (Å²) in [7, 11) is -3.90. The molecule has 0 aromatic heterocycles. The van der Waals surface area contributed by atoms with Crippen LogP contribution in [0.5, 0.6) is 0 Å². The molecule has 0 fully saturated rings. The molecule has 7 heteroatoms. The zero-order valence-corrected chi connectivity index (χ0v) is 12.7. The fraction of sp³-hybridized carbons (Fsp3) is 0.286. The highest BCUT2D eigenvalue weighted by Gasteiger charge is 2.23. The summed E-state index contributed by atoms with van der Waals surface area (Å²) >= 11 is 0. The lowest BCUT2D eigenvalue weighted by Crippen LogP contribution is -2.30. The van der Waals surface area contributed by atoms with Gasteiger partial charge in [0.2, 0.25) is 5.91 Å². The van der Waals surface area contributed by atoms with Crippen molar-refractivity contribution < 1.29 is 23.1 Å². The number of carboxylic acid groups (broad SMARTS) is 1. The second-order valence-corrected chi connectivity index (χ2v) is 6.55. The number of hydrogen-bond acceptors (Lipinski definition) is 4. The van der Waals surface area contributed by atoms with E-state index in [4.69, 9.17) is 5.11 Å². The fourth-order valence-corrected chi connectivity index (χ4v) is 3.33. The van der Waals surface area contributed by atoms with Crippen LogP contribution < -0.4 is 5.32 Å². The number of nitrogens with one attached hydrogen (secondary N) is 1. The maximum absolute atomic E-state index is 12.2. The largest absolute Gasteiger partial charge is 0.478 e. The van der Waals surface area contributed by atoms with Gasteiger partial charge in [-0.15, -0.1) is 6.58 Å². The van der Waals surface area contributed by atoms with Crippen molar-refractivity contribution in [2.45, 2.75) is 18.7 Å². The van der Waals surface area contributed by atoms with E-state index in [1.807, 2.05) is 0 Å². The minimum Gasteiger partial charge on any atom is -0.478 e. The van der Waals surface area contributed by atoms with Gasteiger partial charge in [0.15, 0.2) is 9.84 Å². The van der Waals surface area contributed by atoms with Crippen LogP contribution in [-0.4, -0.2) is 37.7 Å². The summed E-state index contributed by atoms with van der Waals surface area (Å²) < 4.78 is 24.5. The molecule has 0 radical (unpaired) electrons. The van der Waals surface area contributed by atoms with Gasteiger partial charge in [-0.05, 0) is 31.0 Å². The average Bonchev–Trinajstić information content (AvgIpc) is 2.34. The minimum atomic E-state index is -3.90. The van der Waals surface area contributed by atoms with E-state index in [0.29, 0.717) is 11.1 Å². The number of hydrogen-bond donors (Lipinski definition) is 2. The molecule has 0 unspecified atom stereocenters. The molecule has 0 saturated carbocycles. The van der Waals surface area contributed by atoms with Gasteiger partial charge in [-0.1, -0.05) is 12.1 Å². The van der Waals surface area contributed by atoms with Crippen molar-refractivity contribution in [1.29, 1.82) is 0 Å². The van der Waals surface area contributed by atoms with Gasteiger partial charge in [-0.3, -0.25) is 4.79 Å². The molecular weight excluding hydrogens is 294 g/mol. The number of benzene rings is 1. The van der Waals surface area contributed by atoms with Gasteiger partial charge in [-0.25, -0.2) is 13.2 Å². The number of sulfone groups is 1. The first-order chi connectivity index (χ1) is 9.69. The number of amides is 1. The zero-order chi connectivity index (χ0) is 16.2. The fourth-order valence-electron chi connectivity index (χ4n) is 1.89. The quantitative estimate of drug-likeness (QED) is 0.766. The summed E-state index contributed by atoms with van der Waals surface area (Å²) in [6.07, 6.45) is 1.43. The van der Waals surface area contributed by atoms with E-state index < -0.39 is 27.5 Å². The van der Waals surface area contributed by atoms with Gasteiger partial charge in [0, 0.05) is 6.54 Å². The highest BCUT2D eigenvalue weighted by Crippen LogP contribution is 2.21. The first-order valence-corrected chi connectivity index (χ1v) is 7.79. The predicted molar refractivity (Wildman–Crippen MR) is 78.1 cm³/mol. The maximum atomic E-state index is 12.2. The normalized spacial score (nSPS) is 11.0. The van der Waals surface area contributed by atoms with Crippen molar-refractivity contribution in [3.63, 3.8) is 0 Å². The second kappa shape index (κ2) is 6.53. The van der Waals surface area contributed by atoms with Crippen molar-refractivity contribution in [3.8, 4) is 0 Å². The van der Waals surface area contributed by atoms with Crippen molar-refractivity contribution >= 4 is 21.7 Å². The molecule has 0 aliphatic carbocycles. The number of aryl methyl sites for hydroxylation is 2.